The smallest absolute Gasteiger partial charge is 0.0443 e. The Morgan fingerprint density at radius 1 is 0.923 bits per heavy atom. The fraction of sp³-hybridized carbons (Fsp3) is 1.00. The van der Waals surface area contributed by atoms with Gasteiger partial charge in [-0.3, -0.25) is 0 Å². The van der Waals surface area contributed by atoms with E-state index in [0.29, 0.717) is 6.61 Å². The van der Waals surface area contributed by atoms with E-state index in [0.717, 1.165) is 26.1 Å². The fourth-order valence-corrected chi connectivity index (χ4v) is 0.823. The van der Waals surface area contributed by atoms with Crippen molar-refractivity contribution in [3.05, 3.63) is 0 Å². The molecular weight excluding hydrogens is 164 g/mol. The molecule has 0 radical (unpaired) electrons. The molecule has 0 saturated carbocycles. The van der Waals surface area contributed by atoms with E-state index in [9.17, 15) is 0 Å². The highest BCUT2D eigenvalue weighted by Gasteiger charge is 1.97. The van der Waals surface area contributed by atoms with Crippen molar-refractivity contribution < 1.29 is 5.11 Å². The molecule has 1 N–H and O–H groups in total. The summed E-state index contributed by atoms with van der Waals surface area (Å²) in [6.45, 7) is 7.45. The van der Waals surface area contributed by atoms with Crippen LogP contribution in [-0.4, -0.2) is 62.3 Å². The zero-order valence-corrected chi connectivity index (χ0v) is 9.88. The van der Waals surface area contributed by atoms with E-state index in [1.165, 1.54) is 0 Å². The molecule has 0 fully saturated rings. The standard InChI is InChI=1S/C8H20N2O.C2H6/c1-9(2)6-7-10(3)5-4-8-11;1-2/h11H,4-8H2,1-3H3;1-2H3. The molecule has 0 spiro atoms. The van der Waals surface area contributed by atoms with Gasteiger partial charge < -0.3 is 14.9 Å². The zero-order chi connectivity index (χ0) is 10.7. The highest BCUT2D eigenvalue weighted by atomic mass is 16.3. The Labute approximate surface area is 83.3 Å². The highest BCUT2D eigenvalue weighted by molar-refractivity contribution is 4.53. The molecule has 3 nitrogen and oxygen atoms in total. The normalized spacial score (nSPS) is 10.2. The van der Waals surface area contributed by atoms with Gasteiger partial charge in [0.15, 0.2) is 0 Å². The minimum Gasteiger partial charge on any atom is -0.396 e. The first-order chi connectivity index (χ1) is 6.16. The number of hydrogen-bond donors (Lipinski definition) is 1. The Hall–Kier alpha value is -0.120. The van der Waals surface area contributed by atoms with Crippen molar-refractivity contribution in [1.82, 2.24) is 9.80 Å². The molecule has 0 bridgehead atoms. The van der Waals surface area contributed by atoms with Crippen molar-refractivity contribution >= 4 is 0 Å². The molecule has 0 aromatic rings. The summed E-state index contributed by atoms with van der Waals surface area (Å²) in [6, 6.07) is 0. The molecule has 0 aliphatic rings. The molecule has 0 aliphatic carbocycles. The summed E-state index contributed by atoms with van der Waals surface area (Å²) in [6.07, 6.45) is 0.879. The Balaban J connectivity index is 0. The number of rotatable bonds is 6. The molecule has 0 heterocycles. The minimum atomic E-state index is 0.298. The number of hydrogen-bond acceptors (Lipinski definition) is 3. The summed E-state index contributed by atoms with van der Waals surface area (Å²) < 4.78 is 0. The van der Waals surface area contributed by atoms with Gasteiger partial charge in [-0.1, -0.05) is 13.8 Å². The maximum absolute atomic E-state index is 8.56. The maximum Gasteiger partial charge on any atom is 0.0443 e. The van der Waals surface area contributed by atoms with E-state index in [2.05, 4.69) is 30.9 Å². The van der Waals surface area contributed by atoms with Gasteiger partial charge in [0.1, 0.15) is 0 Å². The molecule has 0 unspecified atom stereocenters. The SMILES string of the molecule is CC.CN(C)CCN(C)CCCO. The first-order valence-corrected chi connectivity index (χ1v) is 5.11. The molecule has 0 amide bonds. The monoisotopic (exact) mass is 190 g/mol. The summed E-state index contributed by atoms with van der Waals surface area (Å²) in [5.41, 5.74) is 0. The van der Waals surface area contributed by atoms with E-state index >= 15 is 0 Å². The van der Waals surface area contributed by atoms with Crippen molar-refractivity contribution in [2.45, 2.75) is 20.3 Å². The Morgan fingerprint density at radius 2 is 1.46 bits per heavy atom. The molecule has 0 aliphatic heterocycles. The Bertz CT molecular complexity index is 87.0. The molecule has 13 heavy (non-hydrogen) atoms. The Kier molecular flexibility index (Phi) is 14.0. The van der Waals surface area contributed by atoms with Gasteiger partial charge in [-0.25, -0.2) is 0 Å². The van der Waals surface area contributed by atoms with Crippen molar-refractivity contribution in [3.63, 3.8) is 0 Å². The average molecular weight is 190 g/mol. The number of likely N-dealkylation sites (N-methyl/N-ethyl adjacent to an activating group) is 2. The van der Waals surface area contributed by atoms with Crippen LogP contribution in [0.15, 0.2) is 0 Å². The van der Waals surface area contributed by atoms with Gasteiger partial charge in [0.25, 0.3) is 0 Å². The van der Waals surface area contributed by atoms with Crippen LogP contribution in [0.2, 0.25) is 0 Å². The highest BCUT2D eigenvalue weighted by Crippen LogP contribution is 1.86. The van der Waals surface area contributed by atoms with Crippen LogP contribution in [0.4, 0.5) is 0 Å². The topological polar surface area (TPSA) is 26.7 Å². The first kappa shape index (κ1) is 15.4. The van der Waals surface area contributed by atoms with Crippen molar-refractivity contribution in [1.29, 1.82) is 0 Å². The van der Waals surface area contributed by atoms with Gasteiger partial charge in [0, 0.05) is 26.2 Å². The number of aliphatic hydroxyl groups is 1. The van der Waals surface area contributed by atoms with E-state index in [1.54, 1.807) is 0 Å². The van der Waals surface area contributed by atoms with Gasteiger partial charge in [-0.05, 0) is 27.6 Å². The fourth-order valence-electron chi connectivity index (χ4n) is 0.823. The van der Waals surface area contributed by atoms with Crippen LogP contribution >= 0.6 is 0 Å². The number of nitrogens with zero attached hydrogens (tertiary/aromatic N) is 2. The van der Waals surface area contributed by atoms with Crippen LogP contribution in [0.25, 0.3) is 0 Å². The summed E-state index contributed by atoms with van der Waals surface area (Å²) >= 11 is 0. The van der Waals surface area contributed by atoms with Crippen molar-refractivity contribution in [2.75, 3.05) is 47.4 Å². The second-order valence-corrected chi connectivity index (χ2v) is 3.18. The van der Waals surface area contributed by atoms with Crippen molar-refractivity contribution in [2.24, 2.45) is 0 Å². The van der Waals surface area contributed by atoms with Gasteiger partial charge in [0.2, 0.25) is 0 Å². The van der Waals surface area contributed by atoms with Crippen LogP contribution in [0.5, 0.6) is 0 Å². The van der Waals surface area contributed by atoms with E-state index < -0.39 is 0 Å². The molecule has 0 saturated heterocycles. The largest absolute Gasteiger partial charge is 0.396 e. The maximum atomic E-state index is 8.56. The molecule has 0 aromatic heterocycles. The summed E-state index contributed by atoms with van der Waals surface area (Å²) in [5.74, 6) is 0. The van der Waals surface area contributed by atoms with Crippen LogP contribution in [0, 0.1) is 0 Å². The van der Waals surface area contributed by atoms with E-state index in [-0.39, 0.29) is 0 Å². The lowest BCUT2D eigenvalue weighted by Crippen LogP contribution is -2.29. The molecule has 0 atom stereocenters. The number of aliphatic hydroxyl groups excluding tert-OH is 1. The van der Waals surface area contributed by atoms with E-state index in [4.69, 9.17) is 5.11 Å². The van der Waals surface area contributed by atoms with Crippen LogP contribution in [0.1, 0.15) is 20.3 Å². The van der Waals surface area contributed by atoms with Crippen LogP contribution in [-0.2, 0) is 0 Å². The van der Waals surface area contributed by atoms with Gasteiger partial charge in [-0.15, -0.1) is 0 Å². The third-order valence-electron chi connectivity index (χ3n) is 1.63. The van der Waals surface area contributed by atoms with Crippen LogP contribution in [0.3, 0.4) is 0 Å². The predicted octanol–water partition coefficient (Wildman–Crippen LogP) is 0.888. The summed E-state index contributed by atoms with van der Waals surface area (Å²) in [5, 5.41) is 8.56. The second kappa shape index (κ2) is 11.9. The van der Waals surface area contributed by atoms with Gasteiger partial charge in [-0.2, -0.15) is 0 Å². The zero-order valence-electron chi connectivity index (χ0n) is 9.88. The van der Waals surface area contributed by atoms with Gasteiger partial charge >= 0.3 is 0 Å². The lowest BCUT2D eigenvalue weighted by atomic mass is 10.4. The summed E-state index contributed by atoms with van der Waals surface area (Å²) in [4.78, 5) is 4.39. The predicted molar refractivity (Wildman–Crippen MR) is 59.1 cm³/mol. The van der Waals surface area contributed by atoms with E-state index in [1.807, 2.05) is 13.8 Å². The first-order valence-electron chi connectivity index (χ1n) is 5.11. The lowest BCUT2D eigenvalue weighted by molar-refractivity contribution is 0.234. The molecular formula is C10H26N2O. The second-order valence-electron chi connectivity index (χ2n) is 3.18. The quantitative estimate of drug-likeness (QED) is 0.674. The average Bonchev–Trinajstić information content (AvgIpc) is 2.14. The molecule has 82 valence electrons. The molecule has 0 rings (SSSR count). The van der Waals surface area contributed by atoms with Crippen molar-refractivity contribution in [3.8, 4) is 0 Å². The van der Waals surface area contributed by atoms with Gasteiger partial charge in [0.05, 0.1) is 0 Å². The third kappa shape index (κ3) is 14.7. The minimum absolute atomic E-state index is 0.298. The van der Waals surface area contributed by atoms with Crippen LogP contribution < -0.4 is 0 Å². The molecule has 0 aromatic carbocycles. The third-order valence-corrected chi connectivity index (χ3v) is 1.63. The molecule has 3 heteroatoms. The summed E-state index contributed by atoms with van der Waals surface area (Å²) in [7, 11) is 6.22. The lowest BCUT2D eigenvalue weighted by Gasteiger charge is -2.18. The Morgan fingerprint density at radius 3 is 1.85 bits per heavy atom.